The second-order valence-electron chi connectivity index (χ2n) is 4.92. The highest BCUT2D eigenvalue weighted by Gasteiger charge is 2.26. The SMILES string of the molecule is CC(=O)c1ccc2c(c1)N(C(=O)Oc1ccccc1)CCO2. The molecule has 2 aromatic carbocycles. The predicted molar refractivity (Wildman–Crippen MR) is 81.8 cm³/mol. The number of hydrogen-bond donors (Lipinski definition) is 0. The summed E-state index contributed by atoms with van der Waals surface area (Å²) in [7, 11) is 0. The van der Waals surface area contributed by atoms with Crippen molar-refractivity contribution in [3.63, 3.8) is 0 Å². The Labute approximate surface area is 128 Å². The van der Waals surface area contributed by atoms with E-state index >= 15 is 0 Å². The number of para-hydroxylation sites is 1. The van der Waals surface area contributed by atoms with Crippen molar-refractivity contribution in [2.24, 2.45) is 0 Å². The lowest BCUT2D eigenvalue weighted by Crippen LogP contribution is -2.39. The van der Waals surface area contributed by atoms with Crippen molar-refractivity contribution in [3.8, 4) is 11.5 Å². The summed E-state index contributed by atoms with van der Waals surface area (Å²) in [5.41, 5.74) is 1.08. The molecule has 112 valence electrons. The molecule has 0 atom stereocenters. The van der Waals surface area contributed by atoms with Gasteiger partial charge in [-0.2, -0.15) is 0 Å². The highest BCUT2D eigenvalue weighted by molar-refractivity contribution is 5.98. The quantitative estimate of drug-likeness (QED) is 0.798. The van der Waals surface area contributed by atoms with Crippen molar-refractivity contribution >= 4 is 17.6 Å². The van der Waals surface area contributed by atoms with Crippen molar-refractivity contribution in [3.05, 3.63) is 54.1 Å². The lowest BCUT2D eigenvalue weighted by molar-refractivity contribution is 0.101. The minimum Gasteiger partial charge on any atom is -0.490 e. The number of Topliss-reactive ketones (excluding diaryl/α,β-unsaturated/α-hetero) is 1. The number of rotatable bonds is 2. The number of fused-ring (bicyclic) bond motifs is 1. The molecule has 22 heavy (non-hydrogen) atoms. The van der Waals surface area contributed by atoms with Crippen LogP contribution < -0.4 is 14.4 Å². The number of amides is 1. The average Bonchev–Trinajstić information content (AvgIpc) is 2.54. The van der Waals surface area contributed by atoms with Gasteiger partial charge < -0.3 is 9.47 Å². The highest BCUT2D eigenvalue weighted by Crippen LogP contribution is 2.33. The second-order valence-corrected chi connectivity index (χ2v) is 4.92. The molecule has 5 nitrogen and oxygen atoms in total. The fraction of sp³-hybridized carbons (Fsp3) is 0.176. The first-order chi connectivity index (χ1) is 10.6. The van der Waals surface area contributed by atoms with Crippen LogP contribution in [-0.2, 0) is 0 Å². The number of benzene rings is 2. The van der Waals surface area contributed by atoms with Crippen LogP contribution in [0.25, 0.3) is 0 Å². The molecule has 0 spiro atoms. The van der Waals surface area contributed by atoms with E-state index in [9.17, 15) is 9.59 Å². The molecule has 1 aliphatic heterocycles. The van der Waals surface area contributed by atoms with Crippen LogP contribution >= 0.6 is 0 Å². The lowest BCUT2D eigenvalue weighted by Gasteiger charge is -2.29. The van der Waals surface area contributed by atoms with Gasteiger partial charge in [0.25, 0.3) is 0 Å². The highest BCUT2D eigenvalue weighted by atomic mass is 16.6. The predicted octanol–water partition coefficient (Wildman–Crippen LogP) is 3.29. The Morgan fingerprint density at radius 3 is 2.64 bits per heavy atom. The molecule has 0 saturated carbocycles. The van der Waals surface area contributed by atoms with Crippen LogP contribution in [0.15, 0.2) is 48.5 Å². The zero-order valence-electron chi connectivity index (χ0n) is 12.1. The van der Waals surface area contributed by atoms with E-state index in [1.807, 2.05) is 6.07 Å². The van der Waals surface area contributed by atoms with Crippen LogP contribution in [-0.4, -0.2) is 25.0 Å². The summed E-state index contributed by atoms with van der Waals surface area (Å²) < 4.78 is 10.9. The first-order valence-electron chi connectivity index (χ1n) is 6.97. The molecule has 5 heteroatoms. The van der Waals surface area contributed by atoms with E-state index in [0.29, 0.717) is 35.9 Å². The summed E-state index contributed by atoms with van der Waals surface area (Å²) in [6.07, 6.45) is -0.489. The first-order valence-corrected chi connectivity index (χ1v) is 6.97. The Morgan fingerprint density at radius 2 is 1.91 bits per heavy atom. The van der Waals surface area contributed by atoms with Gasteiger partial charge in [0.1, 0.15) is 18.1 Å². The minimum atomic E-state index is -0.489. The molecule has 0 aromatic heterocycles. The Kier molecular flexibility index (Phi) is 3.78. The van der Waals surface area contributed by atoms with Crippen LogP contribution in [0.1, 0.15) is 17.3 Å². The van der Waals surface area contributed by atoms with Gasteiger partial charge in [-0.3, -0.25) is 9.69 Å². The number of ketones is 1. The molecule has 1 aliphatic rings. The van der Waals surface area contributed by atoms with Crippen LogP contribution in [0, 0.1) is 0 Å². The topological polar surface area (TPSA) is 55.8 Å². The van der Waals surface area contributed by atoms with Gasteiger partial charge in [0.15, 0.2) is 5.78 Å². The largest absolute Gasteiger partial charge is 0.490 e. The Bertz CT molecular complexity index is 712. The molecule has 1 heterocycles. The second kappa shape index (κ2) is 5.89. The molecule has 3 rings (SSSR count). The molecular weight excluding hydrogens is 282 g/mol. The summed E-state index contributed by atoms with van der Waals surface area (Å²) >= 11 is 0. The van der Waals surface area contributed by atoms with E-state index in [0.717, 1.165) is 0 Å². The van der Waals surface area contributed by atoms with Crippen LogP contribution in [0.3, 0.4) is 0 Å². The fourth-order valence-corrected chi connectivity index (χ4v) is 2.27. The van der Waals surface area contributed by atoms with Gasteiger partial charge in [0.05, 0.1) is 12.2 Å². The maximum atomic E-state index is 12.4. The molecule has 0 N–H and O–H groups in total. The number of hydrogen-bond acceptors (Lipinski definition) is 4. The number of anilines is 1. The summed E-state index contributed by atoms with van der Waals surface area (Å²) in [6.45, 7) is 2.24. The molecule has 0 radical (unpaired) electrons. The molecule has 2 aromatic rings. The van der Waals surface area contributed by atoms with Crippen molar-refractivity contribution in [2.75, 3.05) is 18.1 Å². The third-order valence-electron chi connectivity index (χ3n) is 3.40. The van der Waals surface area contributed by atoms with Crippen molar-refractivity contribution in [2.45, 2.75) is 6.92 Å². The minimum absolute atomic E-state index is 0.0650. The van der Waals surface area contributed by atoms with Gasteiger partial charge in [-0.05, 0) is 37.3 Å². The van der Waals surface area contributed by atoms with Crippen LogP contribution in [0.4, 0.5) is 10.5 Å². The zero-order chi connectivity index (χ0) is 15.5. The van der Waals surface area contributed by atoms with Crippen molar-refractivity contribution < 1.29 is 19.1 Å². The maximum absolute atomic E-state index is 12.4. The Hall–Kier alpha value is -2.82. The first kappa shape index (κ1) is 14.1. The molecule has 0 bridgehead atoms. The molecule has 1 amide bonds. The monoisotopic (exact) mass is 297 g/mol. The number of nitrogens with zero attached hydrogens (tertiary/aromatic N) is 1. The van der Waals surface area contributed by atoms with E-state index in [4.69, 9.17) is 9.47 Å². The molecule has 0 aliphatic carbocycles. The van der Waals surface area contributed by atoms with E-state index in [1.165, 1.54) is 11.8 Å². The number of carbonyl (C=O) groups is 2. The van der Waals surface area contributed by atoms with Crippen molar-refractivity contribution in [1.82, 2.24) is 0 Å². The smallest absolute Gasteiger partial charge is 0.419 e. The van der Waals surface area contributed by atoms with Gasteiger partial charge in [-0.1, -0.05) is 18.2 Å². The van der Waals surface area contributed by atoms with Gasteiger partial charge in [0.2, 0.25) is 0 Å². The van der Waals surface area contributed by atoms with E-state index < -0.39 is 6.09 Å². The fourth-order valence-electron chi connectivity index (χ4n) is 2.27. The summed E-state index contributed by atoms with van der Waals surface area (Å²) in [4.78, 5) is 25.4. The Balaban J connectivity index is 1.88. The summed E-state index contributed by atoms with van der Waals surface area (Å²) in [5, 5.41) is 0. The maximum Gasteiger partial charge on any atom is 0.419 e. The van der Waals surface area contributed by atoms with E-state index in [2.05, 4.69) is 0 Å². The Morgan fingerprint density at radius 1 is 1.14 bits per heavy atom. The summed E-state index contributed by atoms with van der Waals surface area (Å²) in [5.74, 6) is 0.981. The number of ether oxygens (including phenoxy) is 2. The zero-order valence-corrected chi connectivity index (χ0v) is 12.1. The van der Waals surface area contributed by atoms with Gasteiger partial charge in [0, 0.05) is 5.56 Å². The summed E-state index contributed by atoms with van der Waals surface area (Å²) in [6, 6.07) is 13.9. The van der Waals surface area contributed by atoms with Gasteiger partial charge in [-0.15, -0.1) is 0 Å². The van der Waals surface area contributed by atoms with Crippen LogP contribution in [0.2, 0.25) is 0 Å². The molecule has 0 saturated heterocycles. The van der Waals surface area contributed by atoms with Gasteiger partial charge >= 0.3 is 6.09 Å². The molecule has 0 fully saturated rings. The standard InChI is InChI=1S/C17H15NO4/c1-12(19)13-7-8-16-15(11-13)18(9-10-21-16)17(20)22-14-5-3-2-4-6-14/h2-8,11H,9-10H2,1H3. The lowest BCUT2D eigenvalue weighted by atomic mass is 10.1. The average molecular weight is 297 g/mol. The third kappa shape index (κ3) is 2.79. The van der Waals surface area contributed by atoms with Crippen molar-refractivity contribution in [1.29, 1.82) is 0 Å². The van der Waals surface area contributed by atoms with E-state index in [-0.39, 0.29) is 5.78 Å². The molecule has 0 unspecified atom stereocenters. The van der Waals surface area contributed by atoms with E-state index in [1.54, 1.807) is 42.5 Å². The molecular formula is C17H15NO4. The normalized spacial score (nSPS) is 13.0. The van der Waals surface area contributed by atoms with Crippen LogP contribution in [0.5, 0.6) is 11.5 Å². The third-order valence-corrected chi connectivity index (χ3v) is 3.40. The van der Waals surface area contributed by atoms with Gasteiger partial charge in [-0.25, -0.2) is 4.79 Å². The number of carbonyl (C=O) groups excluding carboxylic acids is 2.